The van der Waals surface area contributed by atoms with Crippen LogP contribution in [-0.4, -0.2) is 35.9 Å². The Morgan fingerprint density at radius 2 is 1.70 bits per heavy atom. The number of amides is 2. The van der Waals surface area contributed by atoms with Crippen LogP contribution in [-0.2, 0) is 16.0 Å². The highest BCUT2D eigenvalue weighted by atomic mass is 16.5. The summed E-state index contributed by atoms with van der Waals surface area (Å²) in [7, 11) is 0. The minimum Gasteiger partial charge on any atom is -0.491 e. The van der Waals surface area contributed by atoms with Crippen molar-refractivity contribution in [3.05, 3.63) is 60.2 Å². The van der Waals surface area contributed by atoms with Crippen LogP contribution >= 0.6 is 0 Å². The van der Waals surface area contributed by atoms with Crippen molar-refractivity contribution in [3.8, 4) is 5.75 Å². The van der Waals surface area contributed by atoms with E-state index in [1.807, 2.05) is 44.2 Å². The second-order valence-corrected chi connectivity index (χ2v) is 6.77. The maximum atomic E-state index is 12.3. The summed E-state index contributed by atoms with van der Waals surface area (Å²) in [4.78, 5) is 25.7. The third-order valence-electron chi connectivity index (χ3n) is 4.03. The van der Waals surface area contributed by atoms with E-state index in [1.165, 1.54) is 12.5 Å². The third kappa shape index (κ3) is 7.52. The molecule has 1 N–H and O–H groups in total. The van der Waals surface area contributed by atoms with Gasteiger partial charge in [0.15, 0.2) is 0 Å². The molecule has 5 heteroatoms. The van der Waals surface area contributed by atoms with Crippen molar-refractivity contribution in [2.75, 3.05) is 18.4 Å². The maximum Gasteiger partial charge on any atom is 0.243 e. The van der Waals surface area contributed by atoms with Crippen LogP contribution in [0.5, 0.6) is 5.75 Å². The first kappa shape index (κ1) is 20.5. The molecule has 5 nitrogen and oxygen atoms in total. The van der Waals surface area contributed by atoms with Gasteiger partial charge in [-0.1, -0.05) is 30.3 Å². The van der Waals surface area contributed by atoms with E-state index < -0.39 is 0 Å². The Balaban J connectivity index is 1.82. The summed E-state index contributed by atoms with van der Waals surface area (Å²) in [6, 6.07) is 17.3. The lowest BCUT2D eigenvalue weighted by Gasteiger charge is -2.20. The molecule has 2 rings (SSSR count). The number of carbonyl (C=O) groups is 2. The van der Waals surface area contributed by atoms with E-state index in [4.69, 9.17) is 4.74 Å². The highest BCUT2D eigenvalue weighted by molar-refractivity contribution is 5.94. The van der Waals surface area contributed by atoms with Crippen LogP contribution in [0.2, 0.25) is 0 Å². The van der Waals surface area contributed by atoms with E-state index in [1.54, 1.807) is 17.0 Å². The van der Waals surface area contributed by atoms with Crippen molar-refractivity contribution in [2.45, 2.75) is 39.7 Å². The molecule has 2 aromatic rings. The molecule has 0 saturated heterocycles. The second kappa shape index (κ2) is 10.4. The third-order valence-corrected chi connectivity index (χ3v) is 4.03. The number of anilines is 1. The molecule has 0 aliphatic carbocycles. The van der Waals surface area contributed by atoms with Crippen LogP contribution < -0.4 is 10.1 Å². The molecule has 0 spiro atoms. The average molecular weight is 368 g/mol. The number of hydrogen-bond acceptors (Lipinski definition) is 3. The fourth-order valence-electron chi connectivity index (χ4n) is 2.73. The Bertz CT molecular complexity index is 727. The molecule has 0 aliphatic heterocycles. The largest absolute Gasteiger partial charge is 0.491 e. The van der Waals surface area contributed by atoms with Crippen LogP contribution in [0.25, 0.3) is 0 Å². The van der Waals surface area contributed by atoms with Crippen molar-refractivity contribution in [1.29, 1.82) is 0 Å². The van der Waals surface area contributed by atoms with Crippen molar-refractivity contribution in [3.63, 3.8) is 0 Å². The lowest BCUT2D eigenvalue weighted by molar-refractivity contribution is -0.132. The van der Waals surface area contributed by atoms with Crippen molar-refractivity contribution in [2.24, 2.45) is 0 Å². The van der Waals surface area contributed by atoms with Crippen molar-refractivity contribution in [1.82, 2.24) is 4.90 Å². The topological polar surface area (TPSA) is 58.6 Å². The molecule has 0 saturated carbocycles. The molecule has 0 atom stereocenters. The lowest BCUT2D eigenvalue weighted by Crippen LogP contribution is -2.37. The number of nitrogens with zero attached hydrogens (tertiary/aromatic N) is 1. The van der Waals surface area contributed by atoms with Gasteiger partial charge in [-0.25, -0.2) is 0 Å². The van der Waals surface area contributed by atoms with Gasteiger partial charge < -0.3 is 15.0 Å². The Morgan fingerprint density at radius 3 is 2.30 bits per heavy atom. The monoisotopic (exact) mass is 368 g/mol. The van der Waals surface area contributed by atoms with Crippen molar-refractivity contribution < 1.29 is 14.3 Å². The van der Waals surface area contributed by atoms with E-state index in [2.05, 4.69) is 17.4 Å². The average Bonchev–Trinajstić information content (AvgIpc) is 2.63. The predicted molar refractivity (Wildman–Crippen MR) is 108 cm³/mol. The fraction of sp³-hybridized carbons (Fsp3) is 0.364. The Labute approximate surface area is 161 Å². The number of aryl methyl sites for hydroxylation is 1. The molecular formula is C22H28N2O3. The highest BCUT2D eigenvalue weighted by Crippen LogP contribution is 2.17. The smallest absolute Gasteiger partial charge is 0.243 e. The zero-order chi connectivity index (χ0) is 19.6. The molecule has 0 aromatic heterocycles. The molecule has 0 aliphatic rings. The summed E-state index contributed by atoms with van der Waals surface area (Å²) in [5, 5.41) is 2.83. The van der Waals surface area contributed by atoms with Gasteiger partial charge >= 0.3 is 0 Å². The molecule has 0 bridgehead atoms. The van der Waals surface area contributed by atoms with Gasteiger partial charge in [0.05, 0.1) is 12.6 Å². The van der Waals surface area contributed by atoms with Gasteiger partial charge in [0.2, 0.25) is 11.8 Å². The van der Waals surface area contributed by atoms with Crippen LogP contribution in [0.15, 0.2) is 54.6 Å². The molecule has 2 aromatic carbocycles. The number of nitrogens with one attached hydrogen (secondary N) is 1. The maximum absolute atomic E-state index is 12.3. The number of rotatable bonds is 9. The van der Waals surface area contributed by atoms with Gasteiger partial charge in [-0.2, -0.15) is 0 Å². The molecule has 0 unspecified atom stereocenters. The molecule has 2 amide bonds. The molecule has 0 fully saturated rings. The zero-order valence-electron chi connectivity index (χ0n) is 16.3. The highest BCUT2D eigenvalue weighted by Gasteiger charge is 2.13. The quantitative estimate of drug-likeness (QED) is 0.730. The van der Waals surface area contributed by atoms with Crippen LogP contribution in [0.4, 0.5) is 5.69 Å². The Morgan fingerprint density at radius 1 is 1.04 bits per heavy atom. The predicted octanol–water partition coefficient (Wildman–Crippen LogP) is 3.89. The number of carbonyl (C=O) groups excluding carboxylic acids is 2. The second-order valence-electron chi connectivity index (χ2n) is 6.77. The number of benzene rings is 2. The van der Waals surface area contributed by atoms with E-state index in [0.29, 0.717) is 12.2 Å². The SMILES string of the molecule is CC(=O)N(CCCc1ccccc1)CC(=O)Nc1ccc(OC(C)C)cc1. The van der Waals surface area contributed by atoms with Gasteiger partial charge in [0, 0.05) is 19.2 Å². The molecular weight excluding hydrogens is 340 g/mol. The Hall–Kier alpha value is -2.82. The fourth-order valence-corrected chi connectivity index (χ4v) is 2.73. The van der Waals surface area contributed by atoms with Gasteiger partial charge in [0.25, 0.3) is 0 Å². The van der Waals surface area contributed by atoms with Gasteiger partial charge in [-0.15, -0.1) is 0 Å². The zero-order valence-corrected chi connectivity index (χ0v) is 16.3. The summed E-state index contributed by atoms with van der Waals surface area (Å²) < 4.78 is 5.59. The van der Waals surface area contributed by atoms with Gasteiger partial charge in [0.1, 0.15) is 5.75 Å². The first-order chi connectivity index (χ1) is 12.9. The summed E-state index contributed by atoms with van der Waals surface area (Å²) in [5.74, 6) is 0.454. The van der Waals surface area contributed by atoms with E-state index in [-0.39, 0.29) is 24.5 Å². The summed E-state index contributed by atoms with van der Waals surface area (Å²) in [6.45, 7) is 6.02. The normalized spacial score (nSPS) is 10.5. The van der Waals surface area contributed by atoms with Crippen molar-refractivity contribution >= 4 is 17.5 Å². The summed E-state index contributed by atoms with van der Waals surface area (Å²) in [6.07, 6.45) is 1.80. The molecule has 27 heavy (non-hydrogen) atoms. The van der Waals surface area contributed by atoms with E-state index in [0.717, 1.165) is 18.6 Å². The molecule has 0 heterocycles. The number of ether oxygens (including phenoxy) is 1. The van der Waals surface area contributed by atoms with E-state index in [9.17, 15) is 9.59 Å². The first-order valence-corrected chi connectivity index (χ1v) is 9.30. The van der Waals surface area contributed by atoms with Gasteiger partial charge in [-0.3, -0.25) is 9.59 Å². The van der Waals surface area contributed by atoms with Crippen LogP contribution in [0.3, 0.4) is 0 Å². The first-order valence-electron chi connectivity index (χ1n) is 9.30. The Kier molecular flexibility index (Phi) is 7.86. The van der Waals surface area contributed by atoms with E-state index >= 15 is 0 Å². The standard InChI is InChI=1S/C22H28N2O3/c1-17(2)27-21-13-11-20(12-14-21)23-22(26)16-24(18(3)25)15-7-10-19-8-5-4-6-9-19/h4-6,8-9,11-14,17H,7,10,15-16H2,1-3H3,(H,23,26). The molecule has 144 valence electrons. The lowest BCUT2D eigenvalue weighted by atomic mass is 10.1. The molecule has 0 radical (unpaired) electrons. The summed E-state index contributed by atoms with van der Waals surface area (Å²) in [5.41, 5.74) is 1.91. The summed E-state index contributed by atoms with van der Waals surface area (Å²) >= 11 is 0. The van der Waals surface area contributed by atoms with Gasteiger partial charge in [-0.05, 0) is 56.5 Å². The van der Waals surface area contributed by atoms with Crippen LogP contribution in [0.1, 0.15) is 32.8 Å². The minimum absolute atomic E-state index is 0.0500. The minimum atomic E-state index is -0.206. The van der Waals surface area contributed by atoms with Crippen LogP contribution in [0, 0.1) is 0 Å². The number of hydrogen-bond donors (Lipinski definition) is 1.